The molecule has 1 heterocycles. The lowest BCUT2D eigenvalue weighted by atomic mass is 9.95. The quantitative estimate of drug-likeness (QED) is 0.0908. The second-order valence-corrected chi connectivity index (χ2v) is 9.71. The van der Waals surface area contributed by atoms with Gasteiger partial charge in [0.1, 0.15) is 19.0 Å². The van der Waals surface area contributed by atoms with Crippen molar-refractivity contribution in [3.05, 3.63) is 94.4 Å². The molecule has 0 saturated heterocycles. The summed E-state index contributed by atoms with van der Waals surface area (Å²) in [7, 11) is 2.76. The number of aliphatic hydroxyl groups is 1. The van der Waals surface area contributed by atoms with Gasteiger partial charge < -0.3 is 39.4 Å². The fraction of sp³-hybridized carbons (Fsp3) is 0.281. The molecule has 0 radical (unpaired) electrons. The van der Waals surface area contributed by atoms with Crippen molar-refractivity contribution in [2.45, 2.75) is 32.7 Å². The molecule has 238 valence electrons. The maximum atomic E-state index is 13.9. The van der Waals surface area contributed by atoms with Gasteiger partial charge >= 0.3 is 12.0 Å². The van der Waals surface area contributed by atoms with E-state index in [9.17, 15) is 19.1 Å². The van der Waals surface area contributed by atoms with Gasteiger partial charge in [0.2, 0.25) is 0 Å². The van der Waals surface area contributed by atoms with E-state index in [4.69, 9.17) is 23.7 Å². The summed E-state index contributed by atoms with van der Waals surface area (Å²) in [6.07, 6.45) is 0.301. The van der Waals surface area contributed by atoms with Crippen LogP contribution in [0.4, 0.5) is 9.18 Å². The van der Waals surface area contributed by atoms with Crippen molar-refractivity contribution in [1.82, 2.24) is 16.1 Å². The number of nitrogens with one attached hydrogen (secondary N) is 3. The predicted octanol–water partition coefficient (Wildman–Crippen LogP) is 3.93. The van der Waals surface area contributed by atoms with Crippen LogP contribution in [-0.4, -0.2) is 57.0 Å². The van der Waals surface area contributed by atoms with Crippen molar-refractivity contribution < 1.29 is 42.8 Å². The number of allylic oxidation sites excluding steroid dienone is 1. The minimum absolute atomic E-state index is 0.0395. The smallest absolute Gasteiger partial charge is 0.337 e. The van der Waals surface area contributed by atoms with E-state index in [2.05, 4.69) is 21.2 Å². The molecular formula is C32H35FN4O8. The molecule has 0 aromatic heterocycles. The van der Waals surface area contributed by atoms with E-state index in [1.54, 1.807) is 68.4 Å². The number of benzene rings is 3. The molecule has 4 N–H and O–H groups in total. The Morgan fingerprint density at radius 3 is 2.53 bits per heavy atom. The number of hydrazone groups is 1. The molecule has 0 bridgehead atoms. The monoisotopic (exact) mass is 622 g/mol. The average Bonchev–Trinajstić information content (AvgIpc) is 3.03. The number of carbonyl (C=O) groups excluding carboxylic acids is 2. The molecule has 4 rings (SSSR count). The Labute approximate surface area is 259 Å². The summed E-state index contributed by atoms with van der Waals surface area (Å²) in [6.45, 7) is 3.59. The van der Waals surface area contributed by atoms with E-state index in [1.165, 1.54) is 26.5 Å². The molecule has 1 aliphatic heterocycles. The van der Waals surface area contributed by atoms with Crippen LogP contribution in [0.5, 0.6) is 23.0 Å². The van der Waals surface area contributed by atoms with Crippen molar-refractivity contribution in [3.8, 4) is 23.0 Å². The van der Waals surface area contributed by atoms with Gasteiger partial charge in [0.05, 0.1) is 38.7 Å². The van der Waals surface area contributed by atoms with E-state index >= 15 is 0 Å². The summed E-state index contributed by atoms with van der Waals surface area (Å²) in [6, 6.07) is 15.2. The highest BCUT2D eigenvalue weighted by Crippen LogP contribution is 2.35. The molecule has 2 amide bonds. The maximum Gasteiger partial charge on any atom is 0.337 e. The lowest BCUT2D eigenvalue weighted by Gasteiger charge is -2.28. The largest absolute Gasteiger partial charge is 0.493 e. The Morgan fingerprint density at radius 1 is 1.04 bits per heavy atom. The lowest BCUT2D eigenvalue weighted by molar-refractivity contribution is -0.136. The number of hydrogen-bond donors (Lipinski definition) is 4. The molecule has 1 aliphatic rings. The Kier molecular flexibility index (Phi) is 11.2. The van der Waals surface area contributed by atoms with Crippen molar-refractivity contribution >= 4 is 18.2 Å². The van der Waals surface area contributed by atoms with Gasteiger partial charge in [-0.05, 0) is 61.4 Å². The molecule has 0 spiro atoms. The lowest BCUT2D eigenvalue weighted by Crippen LogP contribution is -2.45. The third-order valence-corrected chi connectivity index (χ3v) is 6.64. The van der Waals surface area contributed by atoms with Gasteiger partial charge in [0.25, 0.3) is 0 Å². The molecule has 13 heteroatoms. The van der Waals surface area contributed by atoms with Crippen LogP contribution in [-0.2, 0) is 16.1 Å². The maximum absolute atomic E-state index is 13.9. The molecule has 45 heavy (non-hydrogen) atoms. The number of esters is 1. The second-order valence-electron chi connectivity index (χ2n) is 9.71. The standard InChI is InChI=1S/C32H35FN4O8/c1-5-43-27-15-21(30-29(31(39)42-4)19(2)35-32(40)36-30)11-13-25(27)45-18-28(38)37-34-16-20-10-12-24(26(14-20)41-3)44-17-22-8-6-7-9-23(22)33/h6-16,28,30,37-38H,5,17-18H2,1-4H3,(H2,35,36,40)/b34-16-/t28-,30+/m0/s1. The van der Waals surface area contributed by atoms with Crippen LogP contribution in [0.3, 0.4) is 0 Å². The minimum atomic E-state index is -1.18. The van der Waals surface area contributed by atoms with Gasteiger partial charge in [-0.15, -0.1) is 0 Å². The van der Waals surface area contributed by atoms with Gasteiger partial charge in [0.15, 0.2) is 29.2 Å². The number of nitrogens with zero attached hydrogens (tertiary/aromatic N) is 1. The van der Waals surface area contributed by atoms with Gasteiger partial charge in [-0.3, -0.25) is 5.43 Å². The molecule has 0 aliphatic carbocycles. The third kappa shape index (κ3) is 8.42. The number of aliphatic hydroxyl groups excluding tert-OH is 1. The fourth-order valence-corrected chi connectivity index (χ4v) is 4.47. The summed E-state index contributed by atoms with van der Waals surface area (Å²) >= 11 is 0. The second kappa shape index (κ2) is 15.4. The highest BCUT2D eigenvalue weighted by molar-refractivity contribution is 5.95. The summed E-state index contributed by atoms with van der Waals surface area (Å²) in [5.41, 5.74) is 4.87. The molecule has 3 aromatic carbocycles. The minimum Gasteiger partial charge on any atom is -0.493 e. The molecule has 0 saturated carbocycles. The molecule has 12 nitrogen and oxygen atoms in total. The summed E-state index contributed by atoms with van der Waals surface area (Å²) < 4.78 is 41.5. The number of rotatable bonds is 14. The Balaban J connectivity index is 1.37. The Bertz CT molecular complexity index is 1580. The normalized spacial score (nSPS) is 15.2. The van der Waals surface area contributed by atoms with Gasteiger partial charge in [0, 0.05) is 11.3 Å². The van der Waals surface area contributed by atoms with Crippen LogP contribution in [0.2, 0.25) is 0 Å². The summed E-state index contributed by atoms with van der Waals surface area (Å²) in [5.74, 6) is 0.617. The Morgan fingerprint density at radius 2 is 1.80 bits per heavy atom. The zero-order chi connectivity index (χ0) is 32.3. The molecular weight excluding hydrogens is 587 g/mol. The first-order chi connectivity index (χ1) is 21.7. The van der Waals surface area contributed by atoms with E-state index in [-0.39, 0.29) is 24.6 Å². The topological polar surface area (TPSA) is 149 Å². The van der Waals surface area contributed by atoms with Gasteiger partial charge in [-0.2, -0.15) is 5.10 Å². The summed E-state index contributed by atoms with van der Waals surface area (Å²) in [4.78, 5) is 24.6. The number of halogens is 1. The third-order valence-electron chi connectivity index (χ3n) is 6.64. The SMILES string of the molecule is CCOc1cc([C@H]2NC(=O)NC(C)=C2C(=O)OC)ccc1OC[C@H](O)N/N=C\c1ccc(OCc2ccccc2F)c(OC)c1. The molecule has 0 fully saturated rings. The van der Waals surface area contributed by atoms with E-state index < -0.39 is 24.3 Å². The highest BCUT2D eigenvalue weighted by atomic mass is 19.1. The first-order valence-corrected chi connectivity index (χ1v) is 14.0. The van der Waals surface area contributed by atoms with E-state index in [0.717, 1.165) is 0 Å². The highest BCUT2D eigenvalue weighted by Gasteiger charge is 2.32. The van der Waals surface area contributed by atoms with Crippen LogP contribution in [0.25, 0.3) is 0 Å². The number of ether oxygens (including phenoxy) is 5. The molecule has 0 unspecified atom stereocenters. The molecule has 3 aromatic rings. The summed E-state index contributed by atoms with van der Waals surface area (Å²) in [5, 5.41) is 19.8. The van der Waals surface area contributed by atoms with E-state index in [0.29, 0.717) is 52.0 Å². The van der Waals surface area contributed by atoms with Crippen LogP contribution in [0.1, 0.15) is 36.6 Å². The van der Waals surface area contributed by atoms with Crippen LogP contribution in [0.15, 0.2) is 77.0 Å². The number of methoxy groups -OCH3 is 2. The van der Waals surface area contributed by atoms with Crippen molar-refractivity contribution in [2.75, 3.05) is 27.4 Å². The van der Waals surface area contributed by atoms with Crippen molar-refractivity contribution in [2.24, 2.45) is 5.10 Å². The molecule has 2 atom stereocenters. The first-order valence-electron chi connectivity index (χ1n) is 14.0. The fourth-order valence-electron chi connectivity index (χ4n) is 4.47. The van der Waals surface area contributed by atoms with E-state index in [1.807, 2.05) is 0 Å². The number of hydrogen-bond acceptors (Lipinski definition) is 10. The van der Waals surface area contributed by atoms with Gasteiger partial charge in [-0.1, -0.05) is 24.3 Å². The zero-order valence-corrected chi connectivity index (χ0v) is 25.3. The predicted molar refractivity (Wildman–Crippen MR) is 163 cm³/mol. The number of amides is 2. The number of carbonyl (C=O) groups is 2. The van der Waals surface area contributed by atoms with Crippen LogP contribution in [0, 0.1) is 5.82 Å². The Hall–Kier alpha value is -5.30. The number of urea groups is 1. The average molecular weight is 623 g/mol. The van der Waals surface area contributed by atoms with Crippen molar-refractivity contribution in [1.29, 1.82) is 0 Å². The first kappa shape index (κ1) is 32.6. The van der Waals surface area contributed by atoms with Crippen LogP contribution < -0.4 is 35.0 Å². The van der Waals surface area contributed by atoms with Crippen LogP contribution >= 0.6 is 0 Å². The van der Waals surface area contributed by atoms with Gasteiger partial charge in [-0.25, -0.2) is 14.0 Å². The zero-order valence-electron chi connectivity index (χ0n) is 25.3. The van der Waals surface area contributed by atoms with Crippen molar-refractivity contribution in [3.63, 3.8) is 0 Å².